The monoisotopic (exact) mass is 348 g/mol. The Labute approximate surface area is 153 Å². The topological polar surface area (TPSA) is 59.9 Å². The Morgan fingerprint density at radius 1 is 1.12 bits per heavy atom. The molecule has 0 radical (unpaired) electrons. The van der Waals surface area contributed by atoms with E-state index in [1.165, 1.54) is 10.9 Å². The second-order valence-corrected chi connectivity index (χ2v) is 6.88. The van der Waals surface area contributed by atoms with Crippen LogP contribution in [0.4, 0.5) is 5.82 Å². The molecule has 0 spiro atoms. The fourth-order valence-electron chi connectivity index (χ4n) is 3.63. The lowest BCUT2D eigenvalue weighted by Crippen LogP contribution is -2.30. The third kappa shape index (κ3) is 3.40. The van der Waals surface area contributed by atoms with Crippen molar-refractivity contribution in [1.29, 1.82) is 0 Å². The highest BCUT2D eigenvalue weighted by Gasteiger charge is 2.29. The molecule has 2 aromatic heterocycles. The number of hydrogen-bond donors (Lipinski definition) is 1. The van der Waals surface area contributed by atoms with Crippen LogP contribution in [0.15, 0.2) is 42.7 Å². The first-order valence-corrected chi connectivity index (χ1v) is 9.24. The van der Waals surface area contributed by atoms with Crippen molar-refractivity contribution in [2.45, 2.75) is 32.7 Å². The van der Waals surface area contributed by atoms with E-state index in [0.717, 1.165) is 42.2 Å². The van der Waals surface area contributed by atoms with Gasteiger partial charge in [0.15, 0.2) is 0 Å². The number of aryl methyl sites for hydroxylation is 2. The molecule has 1 N–H and O–H groups in total. The Morgan fingerprint density at radius 3 is 2.88 bits per heavy atom. The van der Waals surface area contributed by atoms with Gasteiger partial charge >= 0.3 is 0 Å². The number of benzene rings is 1. The molecule has 5 heteroatoms. The standard InChI is InChI=1S/C21H24N4O/c1-3-15-11-23-14(2)24-21(15)25-20-13-26-12-17(20)10-16-8-9-22-19-7-5-4-6-18(16)19/h4-9,11,17,20H,3,10,12-13H2,1-2H3,(H,23,24,25). The molecule has 2 atom stereocenters. The fourth-order valence-corrected chi connectivity index (χ4v) is 3.63. The molecule has 1 aliphatic heterocycles. The van der Waals surface area contributed by atoms with E-state index in [4.69, 9.17) is 4.74 Å². The van der Waals surface area contributed by atoms with Crippen molar-refractivity contribution in [3.05, 3.63) is 59.7 Å². The molecule has 1 fully saturated rings. The number of hydrogen-bond acceptors (Lipinski definition) is 5. The summed E-state index contributed by atoms with van der Waals surface area (Å²) in [5.74, 6) is 2.14. The van der Waals surface area contributed by atoms with Crippen LogP contribution >= 0.6 is 0 Å². The molecular formula is C21H24N4O. The van der Waals surface area contributed by atoms with Gasteiger partial charge in [0.1, 0.15) is 11.6 Å². The molecule has 4 rings (SSSR count). The number of pyridine rings is 1. The molecule has 1 aliphatic rings. The average molecular weight is 348 g/mol. The Bertz CT molecular complexity index is 906. The number of anilines is 1. The summed E-state index contributed by atoms with van der Waals surface area (Å²) in [4.78, 5) is 13.4. The number of nitrogens with zero attached hydrogens (tertiary/aromatic N) is 3. The van der Waals surface area contributed by atoms with Crippen molar-refractivity contribution < 1.29 is 4.74 Å². The first-order valence-electron chi connectivity index (χ1n) is 9.24. The van der Waals surface area contributed by atoms with Crippen LogP contribution in [0.25, 0.3) is 10.9 Å². The van der Waals surface area contributed by atoms with Crippen LogP contribution in [0.2, 0.25) is 0 Å². The van der Waals surface area contributed by atoms with Gasteiger partial charge in [0, 0.05) is 29.3 Å². The molecule has 3 heterocycles. The number of fused-ring (bicyclic) bond motifs is 1. The van der Waals surface area contributed by atoms with Crippen molar-refractivity contribution in [2.75, 3.05) is 18.5 Å². The number of nitrogens with one attached hydrogen (secondary N) is 1. The van der Waals surface area contributed by atoms with Crippen LogP contribution in [0.5, 0.6) is 0 Å². The first kappa shape index (κ1) is 16.9. The van der Waals surface area contributed by atoms with Crippen LogP contribution < -0.4 is 5.32 Å². The number of rotatable bonds is 5. The molecule has 5 nitrogen and oxygen atoms in total. The molecular weight excluding hydrogens is 324 g/mol. The van der Waals surface area contributed by atoms with Gasteiger partial charge in [-0.1, -0.05) is 25.1 Å². The summed E-state index contributed by atoms with van der Waals surface area (Å²) in [5.41, 5.74) is 3.52. The third-order valence-electron chi connectivity index (χ3n) is 5.11. The Kier molecular flexibility index (Phi) is 4.80. The van der Waals surface area contributed by atoms with Gasteiger partial charge in [-0.15, -0.1) is 0 Å². The highest BCUT2D eigenvalue weighted by Crippen LogP contribution is 2.26. The Morgan fingerprint density at radius 2 is 2.00 bits per heavy atom. The molecule has 3 aromatic rings. The SMILES string of the molecule is CCc1cnc(C)nc1NC1COCC1Cc1ccnc2ccccc12. The molecule has 134 valence electrons. The van der Waals surface area contributed by atoms with Crippen molar-refractivity contribution in [3.63, 3.8) is 0 Å². The first-order chi connectivity index (χ1) is 12.7. The van der Waals surface area contributed by atoms with Crippen LogP contribution in [-0.2, 0) is 17.6 Å². The maximum absolute atomic E-state index is 5.81. The highest BCUT2D eigenvalue weighted by molar-refractivity contribution is 5.81. The van der Waals surface area contributed by atoms with Crippen molar-refractivity contribution in [3.8, 4) is 0 Å². The largest absolute Gasteiger partial charge is 0.379 e. The van der Waals surface area contributed by atoms with E-state index in [2.05, 4.69) is 51.5 Å². The van der Waals surface area contributed by atoms with Gasteiger partial charge in [0.2, 0.25) is 0 Å². The summed E-state index contributed by atoms with van der Waals surface area (Å²) in [6.45, 7) is 5.53. The van der Waals surface area contributed by atoms with Gasteiger partial charge < -0.3 is 10.1 Å². The summed E-state index contributed by atoms with van der Waals surface area (Å²) in [6, 6.07) is 10.7. The van der Waals surface area contributed by atoms with Crippen LogP contribution in [0, 0.1) is 12.8 Å². The van der Waals surface area contributed by atoms with Crippen LogP contribution in [-0.4, -0.2) is 34.2 Å². The van der Waals surface area contributed by atoms with Crippen molar-refractivity contribution >= 4 is 16.7 Å². The quantitative estimate of drug-likeness (QED) is 0.764. The van der Waals surface area contributed by atoms with E-state index in [0.29, 0.717) is 12.5 Å². The molecule has 0 amide bonds. The van der Waals surface area contributed by atoms with Crippen molar-refractivity contribution in [1.82, 2.24) is 15.0 Å². The van der Waals surface area contributed by atoms with E-state index in [1.807, 2.05) is 25.4 Å². The summed E-state index contributed by atoms with van der Waals surface area (Å²) in [5, 5.41) is 4.86. The summed E-state index contributed by atoms with van der Waals surface area (Å²) in [6.07, 6.45) is 5.70. The lowest BCUT2D eigenvalue weighted by molar-refractivity contribution is 0.185. The van der Waals surface area contributed by atoms with Crippen LogP contribution in [0.1, 0.15) is 23.9 Å². The Hall–Kier alpha value is -2.53. The zero-order valence-corrected chi connectivity index (χ0v) is 15.3. The minimum atomic E-state index is 0.251. The smallest absolute Gasteiger partial charge is 0.133 e. The third-order valence-corrected chi connectivity index (χ3v) is 5.11. The van der Waals surface area contributed by atoms with Crippen molar-refractivity contribution in [2.24, 2.45) is 5.92 Å². The lowest BCUT2D eigenvalue weighted by Gasteiger charge is -2.21. The van der Waals surface area contributed by atoms with E-state index in [-0.39, 0.29) is 6.04 Å². The predicted octanol–water partition coefficient (Wildman–Crippen LogP) is 3.57. The molecule has 0 bridgehead atoms. The van der Waals surface area contributed by atoms with Gasteiger partial charge in [-0.2, -0.15) is 0 Å². The molecule has 1 aromatic carbocycles. The summed E-state index contributed by atoms with van der Waals surface area (Å²) >= 11 is 0. The minimum Gasteiger partial charge on any atom is -0.379 e. The van der Waals surface area contributed by atoms with Crippen LogP contribution in [0.3, 0.4) is 0 Å². The normalized spacial score (nSPS) is 19.8. The van der Waals surface area contributed by atoms with E-state index >= 15 is 0 Å². The molecule has 1 saturated heterocycles. The minimum absolute atomic E-state index is 0.251. The molecule has 0 aliphatic carbocycles. The lowest BCUT2D eigenvalue weighted by atomic mass is 9.93. The average Bonchev–Trinajstić information content (AvgIpc) is 3.09. The predicted molar refractivity (Wildman–Crippen MR) is 103 cm³/mol. The zero-order chi connectivity index (χ0) is 17.9. The zero-order valence-electron chi connectivity index (χ0n) is 15.3. The number of ether oxygens (including phenoxy) is 1. The van der Waals surface area contributed by atoms with Gasteiger partial charge in [0.05, 0.1) is 24.8 Å². The number of aromatic nitrogens is 3. The Balaban J connectivity index is 1.56. The maximum Gasteiger partial charge on any atom is 0.133 e. The molecule has 2 unspecified atom stereocenters. The number of para-hydroxylation sites is 1. The van der Waals surface area contributed by atoms with Gasteiger partial charge in [-0.05, 0) is 37.5 Å². The second-order valence-electron chi connectivity index (χ2n) is 6.88. The van der Waals surface area contributed by atoms with E-state index in [1.54, 1.807) is 0 Å². The van der Waals surface area contributed by atoms with Gasteiger partial charge in [-0.3, -0.25) is 4.98 Å². The summed E-state index contributed by atoms with van der Waals surface area (Å²) in [7, 11) is 0. The van der Waals surface area contributed by atoms with Gasteiger partial charge in [0.25, 0.3) is 0 Å². The highest BCUT2D eigenvalue weighted by atomic mass is 16.5. The molecule has 26 heavy (non-hydrogen) atoms. The maximum atomic E-state index is 5.81. The fraction of sp³-hybridized carbons (Fsp3) is 0.381. The second kappa shape index (κ2) is 7.38. The van der Waals surface area contributed by atoms with E-state index in [9.17, 15) is 0 Å². The summed E-state index contributed by atoms with van der Waals surface area (Å²) < 4.78 is 5.81. The van der Waals surface area contributed by atoms with E-state index < -0.39 is 0 Å². The molecule has 0 saturated carbocycles. The van der Waals surface area contributed by atoms with Gasteiger partial charge in [-0.25, -0.2) is 9.97 Å².